The molecule has 1 amide bonds. The van der Waals surface area contributed by atoms with E-state index in [9.17, 15) is 4.79 Å². The number of carbonyl (C=O) groups excluding carboxylic acids is 1. The maximum absolute atomic E-state index is 12.1. The molecule has 16 heavy (non-hydrogen) atoms. The Bertz CT molecular complexity index is 382. The minimum atomic E-state index is -0.0663. The molecule has 0 aromatic carbocycles. The van der Waals surface area contributed by atoms with Crippen LogP contribution in [0.5, 0.6) is 0 Å². The predicted molar refractivity (Wildman–Crippen MR) is 63.5 cm³/mol. The maximum atomic E-state index is 12.1. The van der Waals surface area contributed by atoms with Crippen molar-refractivity contribution in [1.29, 1.82) is 0 Å². The molecule has 1 aromatic heterocycles. The Labute approximate surface area is 99.0 Å². The second-order valence-corrected chi connectivity index (χ2v) is 6.09. The van der Waals surface area contributed by atoms with Crippen molar-refractivity contribution in [3.63, 3.8) is 0 Å². The van der Waals surface area contributed by atoms with Crippen LogP contribution in [0.2, 0.25) is 0 Å². The topological polar surface area (TPSA) is 61.9 Å². The van der Waals surface area contributed by atoms with Gasteiger partial charge in [-0.2, -0.15) is 11.8 Å². The summed E-state index contributed by atoms with van der Waals surface area (Å²) in [6, 6.07) is 0. The molecule has 6 heteroatoms. The van der Waals surface area contributed by atoms with E-state index in [0.717, 1.165) is 13.1 Å². The number of nitrogens with zero attached hydrogens (tertiary/aromatic N) is 3. The molecule has 1 fully saturated rings. The molecule has 5 nitrogen and oxygen atoms in total. The SMILES string of the molecule is Cc1nc(C(=O)N2CC(C)SC(C)C2)n[nH]1. The third kappa shape index (κ3) is 2.37. The molecule has 1 aromatic rings. The average molecular weight is 240 g/mol. The molecule has 2 atom stereocenters. The van der Waals surface area contributed by atoms with Gasteiger partial charge in [0.25, 0.3) is 5.91 Å². The fraction of sp³-hybridized carbons (Fsp3) is 0.700. The van der Waals surface area contributed by atoms with Crippen molar-refractivity contribution in [3.8, 4) is 0 Å². The van der Waals surface area contributed by atoms with E-state index in [1.54, 1.807) is 6.92 Å². The zero-order valence-corrected chi connectivity index (χ0v) is 10.5. The van der Waals surface area contributed by atoms with E-state index in [4.69, 9.17) is 0 Å². The van der Waals surface area contributed by atoms with Crippen molar-refractivity contribution in [3.05, 3.63) is 11.6 Å². The van der Waals surface area contributed by atoms with Crippen LogP contribution in [0.4, 0.5) is 0 Å². The van der Waals surface area contributed by atoms with Crippen LogP contribution in [0.15, 0.2) is 0 Å². The van der Waals surface area contributed by atoms with Crippen LogP contribution >= 0.6 is 11.8 Å². The third-order valence-corrected chi connectivity index (χ3v) is 3.72. The molecule has 2 heterocycles. The molecule has 88 valence electrons. The number of hydrogen-bond donors (Lipinski definition) is 1. The smallest absolute Gasteiger partial charge is 0.293 e. The van der Waals surface area contributed by atoms with Gasteiger partial charge in [-0.3, -0.25) is 9.89 Å². The zero-order chi connectivity index (χ0) is 11.7. The van der Waals surface area contributed by atoms with Gasteiger partial charge in [-0.25, -0.2) is 4.98 Å². The highest BCUT2D eigenvalue weighted by atomic mass is 32.2. The first-order chi connectivity index (χ1) is 7.56. The van der Waals surface area contributed by atoms with E-state index < -0.39 is 0 Å². The number of thioether (sulfide) groups is 1. The zero-order valence-electron chi connectivity index (χ0n) is 9.73. The Morgan fingerprint density at radius 2 is 2.06 bits per heavy atom. The molecule has 0 radical (unpaired) electrons. The second-order valence-electron chi connectivity index (χ2n) is 4.21. The summed E-state index contributed by atoms with van der Waals surface area (Å²) in [6.07, 6.45) is 0. The van der Waals surface area contributed by atoms with Crippen molar-refractivity contribution >= 4 is 17.7 Å². The lowest BCUT2D eigenvalue weighted by Crippen LogP contribution is -2.44. The van der Waals surface area contributed by atoms with E-state index in [2.05, 4.69) is 29.0 Å². The number of nitrogens with one attached hydrogen (secondary N) is 1. The van der Waals surface area contributed by atoms with E-state index in [1.807, 2.05) is 16.7 Å². The van der Waals surface area contributed by atoms with Crippen molar-refractivity contribution in [1.82, 2.24) is 20.1 Å². The van der Waals surface area contributed by atoms with Gasteiger partial charge in [0.15, 0.2) is 0 Å². The number of hydrogen-bond acceptors (Lipinski definition) is 4. The number of aromatic amines is 1. The molecule has 0 saturated carbocycles. The molecule has 1 N–H and O–H groups in total. The van der Waals surface area contributed by atoms with Gasteiger partial charge in [0.1, 0.15) is 5.82 Å². The Morgan fingerprint density at radius 3 is 2.56 bits per heavy atom. The van der Waals surface area contributed by atoms with E-state index in [-0.39, 0.29) is 11.7 Å². The van der Waals surface area contributed by atoms with Crippen LogP contribution in [0.25, 0.3) is 0 Å². The van der Waals surface area contributed by atoms with Gasteiger partial charge in [0, 0.05) is 23.6 Å². The van der Waals surface area contributed by atoms with Gasteiger partial charge in [-0.1, -0.05) is 13.8 Å². The third-order valence-electron chi connectivity index (χ3n) is 2.50. The van der Waals surface area contributed by atoms with E-state index >= 15 is 0 Å². The lowest BCUT2D eigenvalue weighted by Gasteiger charge is -2.33. The van der Waals surface area contributed by atoms with Crippen molar-refractivity contribution < 1.29 is 4.79 Å². The molecule has 1 aliphatic rings. The minimum Gasteiger partial charge on any atom is -0.334 e. The highest BCUT2D eigenvalue weighted by Crippen LogP contribution is 2.25. The summed E-state index contributed by atoms with van der Waals surface area (Å²) in [5, 5.41) is 7.56. The van der Waals surface area contributed by atoms with Crippen LogP contribution < -0.4 is 0 Å². The number of carbonyl (C=O) groups is 1. The van der Waals surface area contributed by atoms with Gasteiger partial charge in [-0.15, -0.1) is 5.10 Å². The summed E-state index contributed by atoms with van der Waals surface area (Å²) < 4.78 is 0. The predicted octanol–water partition coefficient (Wildman–Crippen LogP) is 1.08. The normalized spacial score (nSPS) is 25.8. The van der Waals surface area contributed by atoms with Gasteiger partial charge in [0.2, 0.25) is 5.82 Å². The molecule has 1 aliphatic heterocycles. The Morgan fingerprint density at radius 1 is 1.44 bits per heavy atom. The summed E-state index contributed by atoms with van der Waals surface area (Å²) in [5.74, 6) is 0.892. The van der Waals surface area contributed by atoms with Crippen molar-refractivity contribution in [2.45, 2.75) is 31.3 Å². The largest absolute Gasteiger partial charge is 0.334 e. The van der Waals surface area contributed by atoms with Gasteiger partial charge in [0.05, 0.1) is 0 Å². The van der Waals surface area contributed by atoms with Gasteiger partial charge in [-0.05, 0) is 6.92 Å². The van der Waals surface area contributed by atoms with Crippen LogP contribution in [0.3, 0.4) is 0 Å². The molecule has 1 saturated heterocycles. The van der Waals surface area contributed by atoms with Gasteiger partial charge < -0.3 is 4.90 Å². The number of H-pyrrole nitrogens is 1. The standard InChI is InChI=1S/C10H16N4OS/c1-6-4-14(5-7(2)16-6)10(15)9-11-8(3)12-13-9/h6-7H,4-5H2,1-3H3,(H,11,12,13). The van der Waals surface area contributed by atoms with Crippen molar-refractivity contribution in [2.75, 3.05) is 13.1 Å². The van der Waals surface area contributed by atoms with E-state index in [0.29, 0.717) is 16.3 Å². The molecular formula is C10H16N4OS. The Kier molecular flexibility index (Phi) is 3.18. The lowest BCUT2D eigenvalue weighted by molar-refractivity contribution is 0.0741. The molecule has 0 spiro atoms. The first-order valence-corrected chi connectivity index (χ1v) is 6.34. The van der Waals surface area contributed by atoms with Crippen molar-refractivity contribution in [2.24, 2.45) is 0 Å². The van der Waals surface area contributed by atoms with Crippen LogP contribution in [0, 0.1) is 6.92 Å². The first-order valence-electron chi connectivity index (χ1n) is 5.40. The number of aryl methyl sites for hydroxylation is 1. The summed E-state index contributed by atoms with van der Waals surface area (Å²) in [7, 11) is 0. The molecule has 0 bridgehead atoms. The molecule has 2 rings (SSSR count). The fourth-order valence-corrected chi connectivity index (χ4v) is 3.25. The summed E-state index contributed by atoms with van der Waals surface area (Å²) in [5.41, 5.74) is 0. The Balaban J connectivity index is 2.09. The Hall–Kier alpha value is -1.04. The summed E-state index contributed by atoms with van der Waals surface area (Å²) >= 11 is 1.92. The first kappa shape index (κ1) is 11.4. The maximum Gasteiger partial charge on any atom is 0.293 e. The van der Waals surface area contributed by atoms with Crippen LogP contribution in [-0.4, -0.2) is 49.6 Å². The second kappa shape index (κ2) is 4.45. The molecular weight excluding hydrogens is 224 g/mol. The highest BCUT2D eigenvalue weighted by molar-refractivity contribution is 8.00. The number of amides is 1. The van der Waals surface area contributed by atoms with Crippen LogP contribution in [0.1, 0.15) is 30.3 Å². The molecule has 0 aliphatic carbocycles. The fourth-order valence-electron chi connectivity index (χ4n) is 1.92. The average Bonchev–Trinajstić information content (AvgIpc) is 2.62. The quantitative estimate of drug-likeness (QED) is 0.798. The molecule has 2 unspecified atom stereocenters. The lowest BCUT2D eigenvalue weighted by atomic mass is 10.3. The summed E-state index contributed by atoms with van der Waals surface area (Å²) in [6.45, 7) is 7.64. The highest BCUT2D eigenvalue weighted by Gasteiger charge is 2.28. The number of rotatable bonds is 1. The monoisotopic (exact) mass is 240 g/mol. The summed E-state index contributed by atoms with van der Waals surface area (Å²) in [4.78, 5) is 18.0. The number of aromatic nitrogens is 3. The van der Waals surface area contributed by atoms with E-state index in [1.165, 1.54) is 0 Å². The minimum absolute atomic E-state index is 0.0663. The van der Waals surface area contributed by atoms with Crippen LogP contribution in [-0.2, 0) is 0 Å². The van der Waals surface area contributed by atoms with Gasteiger partial charge >= 0.3 is 0 Å².